The van der Waals surface area contributed by atoms with Gasteiger partial charge in [-0.25, -0.2) is 0 Å². The van der Waals surface area contributed by atoms with Crippen LogP contribution in [0.25, 0.3) is 0 Å². The SMILES string of the molecule is CCC[C@H](C)NC(=O)CSCc1cc(Cl)c2c(c1)OCCCO2. The number of nitrogens with one attached hydrogen (secondary N) is 1. The summed E-state index contributed by atoms with van der Waals surface area (Å²) in [7, 11) is 0. The summed E-state index contributed by atoms with van der Waals surface area (Å²) in [6, 6.07) is 4.08. The summed E-state index contributed by atoms with van der Waals surface area (Å²) in [6.45, 7) is 5.41. The topological polar surface area (TPSA) is 47.6 Å². The summed E-state index contributed by atoms with van der Waals surface area (Å²) in [5.41, 5.74) is 1.04. The molecule has 1 atom stereocenters. The van der Waals surface area contributed by atoms with Crippen LogP contribution in [0.15, 0.2) is 12.1 Å². The zero-order chi connectivity index (χ0) is 16.7. The van der Waals surface area contributed by atoms with E-state index < -0.39 is 0 Å². The van der Waals surface area contributed by atoms with Gasteiger partial charge in [-0.2, -0.15) is 0 Å². The molecule has 0 radical (unpaired) electrons. The van der Waals surface area contributed by atoms with Crippen LogP contribution >= 0.6 is 23.4 Å². The van der Waals surface area contributed by atoms with Crippen molar-refractivity contribution in [3.8, 4) is 11.5 Å². The zero-order valence-corrected chi connectivity index (χ0v) is 15.3. The van der Waals surface area contributed by atoms with E-state index in [4.69, 9.17) is 21.1 Å². The molecule has 6 heteroatoms. The molecule has 4 nitrogen and oxygen atoms in total. The molecule has 1 aromatic carbocycles. The molecule has 0 fully saturated rings. The van der Waals surface area contributed by atoms with Crippen LogP contribution in [0.4, 0.5) is 0 Å². The normalized spacial score (nSPS) is 14.9. The van der Waals surface area contributed by atoms with Crippen molar-refractivity contribution in [2.45, 2.75) is 44.9 Å². The third-order valence-corrected chi connectivity index (χ3v) is 4.78. The van der Waals surface area contributed by atoms with E-state index in [1.54, 1.807) is 11.8 Å². The minimum absolute atomic E-state index is 0.0800. The Labute approximate surface area is 147 Å². The number of halogens is 1. The molecule has 2 rings (SSSR count). The molecular weight excluding hydrogens is 334 g/mol. The smallest absolute Gasteiger partial charge is 0.230 e. The maximum Gasteiger partial charge on any atom is 0.230 e. The largest absolute Gasteiger partial charge is 0.489 e. The van der Waals surface area contributed by atoms with Crippen LogP contribution in [0.1, 0.15) is 38.7 Å². The second-order valence-electron chi connectivity index (χ2n) is 5.71. The number of benzene rings is 1. The molecule has 1 aliphatic rings. The Kier molecular flexibility index (Phi) is 7.37. The van der Waals surface area contributed by atoms with E-state index in [2.05, 4.69) is 12.2 Å². The Hall–Kier alpha value is -1.07. The first kappa shape index (κ1) is 18.3. The highest BCUT2D eigenvalue weighted by Crippen LogP contribution is 2.38. The van der Waals surface area contributed by atoms with Gasteiger partial charge in [0.2, 0.25) is 5.91 Å². The van der Waals surface area contributed by atoms with E-state index in [-0.39, 0.29) is 11.9 Å². The van der Waals surface area contributed by atoms with Crippen LogP contribution in [-0.4, -0.2) is 30.9 Å². The molecule has 23 heavy (non-hydrogen) atoms. The van der Waals surface area contributed by atoms with Gasteiger partial charge in [0.25, 0.3) is 0 Å². The highest BCUT2D eigenvalue weighted by molar-refractivity contribution is 7.99. The van der Waals surface area contributed by atoms with E-state index >= 15 is 0 Å². The molecule has 128 valence electrons. The predicted octanol–water partition coefficient (Wildman–Crippen LogP) is 4.04. The number of amides is 1. The fourth-order valence-electron chi connectivity index (χ4n) is 2.45. The molecule has 1 N–H and O–H groups in total. The van der Waals surface area contributed by atoms with Gasteiger partial charge in [0.05, 0.1) is 24.0 Å². The van der Waals surface area contributed by atoms with E-state index in [1.807, 2.05) is 19.1 Å². The standard InChI is InChI=1S/C17H24ClNO3S/c1-3-5-12(2)19-16(20)11-23-10-13-8-14(18)17-15(9-13)21-6-4-7-22-17/h8-9,12H,3-7,10-11H2,1-2H3,(H,19,20)/t12-/m0/s1. The van der Waals surface area contributed by atoms with E-state index in [0.717, 1.165) is 24.8 Å². The molecule has 0 spiro atoms. The quantitative estimate of drug-likeness (QED) is 0.800. The summed E-state index contributed by atoms with van der Waals surface area (Å²) >= 11 is 7.84. The molecular formula is C17H24ClNO3S. The van der Waals surface area contributed by atoms with Gasteiger partial charge in [0, 0.05) is 18.2 Å². The van der Waals surface area contributed by atoms with Crippen LogP contribution in [-0.2, 0) is 10.5 Å². The first-order chi connectivity index (χ1) is 11.1. The number of rotatable bonds is 7. The lowest BCUT2D eigenvalue weighted by Crippen LogP contribution is -2.33. The lowest BCUT2D eigenvalue weighted by Gasteiger charge is -2.13. The average molecular weight is 358 g/mol. The monoisotopic (exact) mass is 357 g/mol. The van der Waals surface area contributed by atoms with Crippen molar-refractivity contribution in [2.75, 3.05) is 19.0 Å². The van der Waals surface area contributed by atoms with Crippen LogP contribution in [0.3, 0.4) is 0 Å². The summed E-state index contributed by atoms with van der Waals surface area (Å²) in [6.07, 6.45) is 2.93. The second kappa shape index (κ2) is 9.28. The van der Waals surface area contributed by atoms with Crippen molar-refractivity contribution in [1.82, 2.24) is 5.32 Å². The number of fused-ring (bicyclic) bond motifs is 1. The van der Waals surface area contributed by atoms with Crippen molar-refractivity contribution < 1.29 is 14.3 Å². The van der Waals surface area contributed by atoms with Gasteiger partial charge < -0.3 is 14.8 Å². The molecule has 1 aliphatic heterocycles. The van der Waals surface area contributed by atoms with Crippen molar-refractivity contribution >= 4 is 29.3 Å². The molecule has 0 aromatic heterocycles. The Morgan fingerprint density at radius 3 is 2.96 bits per heavy atom. The van der Waals surface area contributed by atoms with E-state index in [0.29, 0.717) is 41.2 Å². The molecule has 0 bridgehead atoms. The van der Waals surface area contributed by atoms with Crippen molar-refractivity contribution in [2.24, 2.45) is 0 Å². The maximum absolute atomic E-state index is 11.9. The Morgan fingerprint density at radius 2 is 2.17 bits per heavy atom. The number of ether oxygens (including phenoxy) is 2. The molecule has 1 amide bonds. The molecule has 0 aliphatic carbocycles. The van der Waals surface area contributed by atoms with E-state index in [1.165, 1.54) is 0 Å². The van der Waals surface area contributed by atoms with Crippen LogP contribution in [0.2, 0.25) is 5.02 Å². The maximum atomic E-state index is 11.9. The van der Waals surface area contributed by atoms with Crippen molar-refractivity contribution in [1.29, 1.82) is 0 Å². The van der Waals surface area contributed by atoms with Gasteiger partial charge in [-0.05, 0) is 31.0 Å². The van der Waals surface area contributed by atoms with Crippen LogP contribution in [0.5, 0.6) is 11.5 Å². The van der Waals surface area contributed by atoms with Crippen LogP contribution < -0.4 is 14.8 Å². The minimum Gasteiger partial charge on any atom is -0.489 e. The fourth-order valence-corrected chi connectivity index (χ4v) is 3.51. The first-order valence-electron chi connectivity index (χ1n) is 8.05. The number of carbonyl (C=O) groups is 1. The Balaban J connectivity index is 1.85. The van der Waals surface area contributed by atoms with Crippen LogP contribution in [0, 0.1) is 0 Å². The Morgan fingerprint density at radius 1 is 1.39 bits per heavy atom. The zero-order valence-electron chi connectivity index (χ0n) is 13.7. The lowest BCUT2D eigenvalue weighted by atomic mass is 10.2. The molecule has 0 unspecified atom stereocenters. The molecule has 0 saturated heterocycles. The van der Waals surface area contributed by atoms with Gasteiger partial charge in [-0.15, -0.1) is 11.8 Å². The van der Waals surface area contributed by atoms with Crippen molar-refractivity contribution in [3.63, 3.8) is 0 Å². The summed E-state index contributed by atoms with van der Waals surface area (Å²) < 4.78 is 11.3. The van der Waals surface area contributed by atoms with E-state index in [9.17, 15) is 4.79 Å². The summed E-state index contributed by atoms with van der Waals surface area (Å²) in [5.74, 6) is 2.57. The van der Waals surface area contributed by atoms with Gasteiger partial charge in [-0.3, -0.25) is 4.79 Å². The summed E-state index contributed by atoms with van der Waals surface area (Å²) in [4.78, 5) is 11.9. The lowest BCUT2D eigenvalue weighted by molar-refractivity contribution is -0.119. The highest BCUT2D eigenvalue weighted by Gasteiger charge is 2.16. The second-order valence-corrected chi connectivity index (χ2v) is 7.10. The minimum atomic E-state index is 0.0800. The molecule has 0 saturated carbocycles. The number of carbonyl (C=O) groups excluding carboxylic acids is 1. The van der Waals surface area contributed by atoms with Gasteiger partial charge in [0.1, 0.15) is 0 Å². The third-order valence-electron chi connectivity index (χ3n) is 3.49. The Bertz CT molecular complexity index is 539. The summed E-state index contributed by atoms with van der Waals surface area (Å²) in [5, 5.41) is 3.58. The van der Waals surface area contributed by atoms with Gasteiger partial charge >= 0.3 is 0 Å². The highest BCUT2D eigenvalue weighted by atomic mass is 35.5. The van der Waals surface area contributed by atoms with Crippen molar-refractivity contribution in [3.05, 3.63) is 22.7 Å². The van der Waals surface area contributed by atoms with Gasteiger partial charge in [-0.1, -0.05) is 24.9 Å². The van der Waals surface area contributed by atoms with Gasteiger partial charge in [0.15, 0.2) is 11.5 Å². The first-order valence-corrected chi connectivity index (χ1v) is 9.58. The number of thioether (sulfide) groups is 1. The number of hydrogen-bond acceptors (Lipinski definition) is 4. The fraction of sp³-hybridized carbons (Fsp3) is 0.588. The molecule has 1 heterocycles. The number of hydrogen-bond donors (Lipinski definition) is 1. The third kappa shape index (κ3) is 5.81. The predicted molar refractivity (Wildman–Crippen MR) is 95.7 cm³/mol. The average Bonchev–Trinajstić information content (AvgIpc) is 2.73. The molecule has 1 aromatic rings.